The lowest BCUT2D eigenvalue weighted by Crippen LogP contribution is -2.33. The summed E-state index contributed by atoms with van der Waals surface area (Å²) < 4.78 is 28.1. The van der Waals surface area contributed by atoms with Gasteiger partial charge in [-0.3, -0.25) is 9.48 Å². The second kappa shape index (κ2) is 6.33. The first-order chi connectivity index (χ1) is 9.81. The smallest absolute Gasteiger partial charge is 0.306 e. The molecular weight excluding hydrogens is 318 g/mol. The Morgan fingerprint density at radius 1 is 1.48 bits per heavy atom. The summed E-state index contributed by atoms with van der Waals surface area (Å²) in [5.41, 5.74) is 0. The van der Waals surface area contributed by atoms with E-state index in [0.29, 0.717) is 25.7 Å². The Labute approximate surface area is 128 Å². The van der Waals surface area contributed by atoms with Crippen LogP contribution in [0.15, 0.2) is 11.2 Å². The normalized spacial score (nSPS) is 23.1. The summed E-state index contributed by atoms with van der Waals surface area (Å²) in [5.74, 6) is -0.914. The Morgan fingerprint density at radius 3 is 2.57 bits per heavy atom. The first-order valence-electron chi connectivity index (χ1n) is 6.71. The lowest BCUT2D eigenvalue weighted by Gasteiger charge is -2.26. The van der Waals surface area contributed by atoms with E-state index in [1.54, 1.807) is 0 Å². The second-order valence-electron chi connectivity index (χ2n) is 5.33. The van der Waals surface area contributed by atoms with Crippen LogP contribution in [-0.2, 0) is 21.9 Å². The van der Waals surface area contributed by atoms with Crippen molar-refractivity contribution in [1.29, 1.82) is 0 Å². The van der Waals surface area contributed by atoms with E-state index in [9.17, 15) is 13.2 Å². The molecule has 1 aliphatic rings. The fraction of sp³-hybridized carbons (Fsp3) is 0.667. The number of sulfonamides is 1. The summed E-state index contributed by atoms with van der Waals surface area (Å²) in [7, 11) is -2.19. The van der Waals surface area contributed by atoms with Crippen LogP contribution in [0.3, 0.4) is 0 Å². The summed E-state index contributed by atoms with van der Waals surface area (Å²) in [5, 5.41) is 12.8. The Balaban J connectivity index is 1.93. The monoisotopic (exact) mass is 335 g/mol. The van der Waals surface area contributed by atoms with Gasteiger partial charge in [-0.25, -0.2) is 13.1 Å². The third kappa shape index (κ3) is 3.75. The number of nitrogens with one attached hydrogen (secondary N) is 1. The molecule has 7 nitrogen and oxygen atoms in total. The highest BCUT2D eigenvalue weighted by Gasteiger charge is 2.28. The molecular formula is C12H18ClN3O4S. The molecule has 0 radical (unpaired) electrons. The molecule has 0 saturated heterocycles. The summed E-state index contributed by atoms with van der Waals surface area (Å²) in [6.45, 7) is 0.288. The average Bonchev–Trinajstić information content (AvgIpc) is 2.77. The molecule has 1 aromatic heterocycles. The molecule has 0 unspecified atom stereocenters. The van der Waals surface area contributed by atoms with Crippen LogP contribution in [0.5, 0.6) is 0 Å². The van der Waals surface area contributed by atoms with E-state index in [4.69, 9.17) is 16.7 Å². The number of aryl methyl sites for hydroxylation is 1. The molecule has 0 aliphatic heterocycles. The quantitative estimate of drug-likeness (QED) is 0.843. The number of carboxylic acid groups (broad SMARTS) is 1. The molecule has 1 fully saturated rings. The Bertz CT molecular complexity index is 601. The van der Waals surface area contributed by atoms with Crippen LogP contribution < -0.4 is 4.72 Å². The van der Waals surface area contributed by atoms with Crippen LogP contribution in [0, 0.1) is 11.8 Å². The molecule has 0 bridgehead atoms. The maximum absolute atomic E-state index is 12.2. The highest BCUT2D eigenvalue weighted by molar-refractivity contribution is 7.89. The van der Waals surface area contributed by atoms with Gasteiger partial charge in [-0.05, 0) is 31.6 Å². The van der Waals surface area contributed by atoms with Gasteiger partial charge in [0.15, 0.2) is 5.03 Å². The van der Waals surface area contributed by atoms with E-state index in [0.717, 1.165) is 0 Å². The molecule has 21 heavy (non-hydrogen) atoms. The maximum Gasteiger partial charge on any atom is 0.306 e. The number of aliphatic carboxylic acids is 1. The van der Waals surface area contributed by atoms with Crippen molar-refractivity contribution in [3.8, 4) is 0 Å². The average molecular weight is 336 g/mol. The van der Waals surface area contributed by atoms with Crippen LogP contribution in [0.2, 0.25) is 5.02 Å². The first-order valence-corrected chi connectivity index (χ1v) is 8.57. The van der Waals surface area contributed by atoms with Gasteiger partial charge in [-0.2, -0.15) is 5.10 Å². The van der Waals surface area contributed by atoms with E-state index >= 15 is 0 Å². The van der Waals surface area contributed by atoms with Gasteiger partial charge in [0.05, 0.1) is 17.1 Å². The van der Waals surface area contributed by atoms with E-state index in [1.165, 1.54) is 17.9 Å². The second-order valence-corrected chi connectivity index (χ2v) is 7.42. The lowest BCUT2D eigenvalue weighted by atomic mass is 9.82. The third-order valence-corrected chi connectivity index (χ3v) is 5.78. The highest BCUT2D eigenvalue weighted by Crippen LogP contribution is 2.29. The van der Waals surface area contributed by atoms with Crippen molar-refractivity contribution in [2.75, 3.05) is 6.54 Å². The topological polar surface area (TPSA) is 101 Å². The van der Waals surface area contributed by atoms with Gasteiger partial charge < -0.3 is 5.11 Å². The van der Waals surface area contributed by atoms with E-state index in [-0.39, 0.29) is 28.4 Å². The fourth-order valence-electron chi connectivity index (χ4n) is 2.61. The number of carboxylic acids is 1. The lowest BCUT2D eigenvalue weighted by molar-refractivity contribution is -0.143. The van der Waals surface area contributed by atoms with Crippen molar-refractivity contribution in [1.82, 2.24) is 14.5 Å². The minimum Gasteiger partial charge on any atom is -0.481 e. The number of rotatable bonds is 5. The molecule has 0 spiro atoms. The number of aromatic nitrogens is 2. The van der Waals surface area contributed by atoms with Gasteiger partial charge >= 0.3 is 5.97 Å². The van der Waals surface area contributed by atoms with Gasteiger partial charge in [0.1, 0.15) is 0 Å². The number of hydrogen-bond donors (Lipinski definition) is 2. The number of hydrogen-bond acceptors (Lipinski definition) is 4. The van der Waals surface area contributed by atoms with Gasteiger partial charge in [0, 0.05) is 13.6 Å². The van der Waals surface area contributed by atoms with E-state index in [1.807, 2.05) is 0 Å². The Morgan fingerprint density at radius 2 is 2.10 bits per heavy atom. The number of halogens is 1. The van der Waals surface area contributed by atoms with Crippen LogP contribution in [0.4, 0.5) is 0 Å². The van der Waals surface area contributed by atoms with Gasteiger partial charge in [-0.1, -0.05) is 11.6 Å². The molecule has 0 atom stereocenters. The zero-order valence-corrected chi connectivity index (χ0v) is 13.2. The van der Waals surface area contributed by atoms with Crippen molar-refractivity contribution in [3.05, 3.63) is 11.2 Å². The molecule has 0 aromatic carbocycles. The van der Waals surface area contributed by atoms with Crippen molar-refractivity contribution in [3.63, 3.8) is 0 Å². The predicted molar refractivity (Wildman–Crippen MR) is 76.5 cm³/mol. The number of carbonyl (C=O) groups is 1. The fourth-order valence-corrected chi connectivity index (χ4v) is 4.38. The van der Waals surface area contributed by atoms with Crippen LogP contribution in [0.1, 0.15) is 25.7 Å². The van der Waals surface area contributed by atoms with Crippen LogP contribution >= 0.6 is 11.6 Å². The van der Waals surface area contributed by atoms with Crippen LogP contribution in [0.25, 0.3) is 0 Å². The zero-order valence-electron chi connectivity index (χ0n) is 11.6. The van der Waals surface area contributed by atoms with E-state index < -0.39 is 16.0 Å². The number of nitrogens with zero attached hydrogens (tertiary/aromatic N) is 2. The summed E-state index contributed by atoms with van der Waals surface area (Å²) in [6, 6.07) is 0. The van der Waals surface area contributed by atoms with E-state index in [2.05, 4.69) is 9.82 Å². The molecule has 9 heteroatoms. The van der Waals surface area contributed by atoms with Crippen molar-refractivity contribution >= 4 is 27.6 Å². The SMILES string of the molecule is Cn1ncc(Cl)c1S(=O)(=O)NCC1CCC(C(=O)O)CC1. The largest absolute Gasteiger partial charge is 0.481 e. The first kappa shape index (κ1) is 16.3. The Kier molecular flexibility index (Phi) is 4.90. The molecule has 2 N–H and O–H groups in total. The molecule has 1 aromatic rings. The summed E-state index contributed by atoms with van der Waals surface area (Å²) in [4.78, 5) is 10.9. The van der Waals surface area contributed by atoms with Gasteiger partial charge in [0.25, 0.3) is 10.0 Å². The van der Waals surface area contributed by atoms with Gasteiger partial charge in [-0.15, -0.1) is 0 Å². The molecule has 1 heterocycles. The Hall–Kier alpha value is -1.12. The summed E-state index contributed by atoms with van der Waals surface area (Å²) >= 11 is 5.84. The molecule has 1 saturated carbocycles. The highest BCUT2D eigenvalue weighted by atomic mass is 35.5. The minimum absolute atomic E-state index is 0.0524. The van der Waals surface area contributed by atoms with Gasteiger partial charge in [0.2, 0.25) is 0 Å². The molecule has 0 amide bonds. The standard InChI is InChI=1S/C12H18ClN3O4S/c1-16-11(10(13)7-14-16)21(19,20)15-6-8-2-4-9(5-3-8)12(17)18/h7-9,15H,2-6H2,1H3,(H,17,18). The third-order valence-electron chi connectivity index (χ3n) is 3.86. The maximum atomic E-state index is 12.2. The van der Waals surface area contributed by atoms with Crippen molar-refractivity contribution in [2.45, 2.75) is 30.7 Å². The van der Waals surface area contributed by atoms with Crippen molar-refractivity contribution in [2.24, 2.45) is 18.9 Å². The minimum atomic E-state index is -3.71. The van der Waals surface area contributed by atoms with Crippen LogP contribution in [-0.4, -0.2) is 35.8 Å². The predicted octanol–water partition coefficient (Wildman–Crippen LogP) is 1.24. The molecule has 118 valence electrons. The summed E-state index contributed by atoms with van der Waals surface area (Å²) in [6.07, 6.45) is 3.88. The zero-order chi connectivity index (χ0) is 15.6. The molecule has 2 rings (SSSR count). The van der Waals surface area contributed by atoms with Crippen molar-refractivity contribution < 1.29 is 18.3 Å². The molecule has 1 aliphatic carbocycles.